The van der Waals surface area contributed by atoms with Crippen LogP contribution in [0.3, 0.4) is 0 Å². The number of carbonyl (C=O) groups is 3. The van der Waals surface area contributed by atoms with Gasteiger partial charge in [-0.1, -0.05) is 71.4 Å². The van der Waals surface area contributed by atoms with Crippen LogP contribution in [-0.2, 0) is 20.9 Å². The van der Waals surface area contributed by atoms with Crippen molar-refractivity contribution in [2.45, 2.75) is 84.9 Å². The van der Waals surface area contributed by atoms with Gasteiger partial charge in [0.15, 0.2) is 0 Å². The zero-order valence-corrected chi connectivity index (χ0v) is 20.9. The minimum absolute atomic E-state index is 0.0728. The third-order valence-electron chi connectivity index (χ3n) is 5.16. The predicted molar refractivity (Wildman–Crippen MR) is 131 cm³/mol. The van der Waals surface area contributed by atoms with Gasteiger partial charge < -0.3 is 30.7 Å². The molecule has 0 aliphatic carbocycles. The van der Waals surface area contributed by atoms with Crippen molar-refractivity contribution in [1.29, 1.82) is 0 Å². The molecule has 5 N–H and O–H groups in total. The van der Waals surface area contributed by atoms with Gasteiger partial charge in [-0.15, -0.1) is 0 Å². The van der Waals surface area contributed by atoms with Gasteiger partial charge in [0, 0.05) is 0 Å². The number of rotatable bonds is 14. The third kappa shape index (κ3) is 11.5. The molecule has 0 aliphatic rings. The summed E-state index contributed by atoms with van der Waals surface area (Å²) in [5.74, 6) is -1.64. The van der Waals surface area contributed by atoms with Gasteiger partial charge in [-0.25, -0.2) is 4.79 Å². The van der Waals surface area contributed by atoms with E-state index in [1.807, 2.05) is 65.0 Å². The molecule has 10 heteroatoms. The van der Waals surface area contributed by atoms with Gasteiger partial charge >= 0.3 is 13.2 Å². The molecule has 1 rings (SSSR count). The second-order valence-electron chi connectivity index (χ2n) is 9.40. The number of amides is 3. The number of alkyl carbamates (subject to hydrolysis) is 1. The Morgan fingerprint density at radius 2 is 1.41 bits per heavy atom. The monoisotopic (exact) mass is 477 g/mol. The summed E-state index contributed by atoms with van der Waals surface area (Å²) in [6.45, 7) is 9.63. The minimum Gasteiger partial charge on any atom is -0.445 e. The van der Waals surface area contributed by atoms with E-state index in [2.05, 4.69) is 16.0 Å². The molecule has 0 heterocycles. The summed E-state index contributed by atoms with van der Waals surface area (Å²) in [5.41, 5.74) is 0.823. The largest absolute Gasteiger partial charge is 0.475 e. The SMILES string of the molecule is CCCC(NC(=O)C(CC(C)C)NC(=O)C(CC(C)C)NC(=O)OCc1ccccc1)B(O)O. The quantitative estimate of drug-likeness (QED) is 0.261. The predicted octanol–water partition coefficient (Wildman–Crippen LogP) is 2.16. The highest BCUT2D eigenvalue weighted by molar-refractivity contribution is 6.43. The van der Waals surface area contributed by atoms with Crippen LogP contribution in [0.4, 0.5) is 4.79 Å². The van der Waals surface area contributed by atoms with Gasteiger partial charge in [-0.05, 0) is 36.7 Å². The van der Waals surface area contributed by atoms with Gasteiger partial charge in [-0.3, -0.25) is 9.59 Å². The number of benzene rings is 1. The van der Waals surface area contributed by atoms with E-state index in [-0.39, 0.29) is 18.4 Å². The molecular formula is C24H40BN3O6. The lowest BCUT2D eigenvalue weighted by Gasteiger charge is -2.26. The smallest absolute Gasteiger partial charge is 0.445 e. The third-order valence-corrected chi connectivity index (χ3v) is 5.16. The van der Waals surface area contributed by atoms with Crippen molar-refractivity contribution in [1.82, 2.24) is 16.0 Å². The Balaban J connectivity index is 2.85. The lowest BCUT2D eigenvalue weighted by molar-refractivity contribution is -0.130. The lowest BCUT2D eigenvalue weighted by atomic mass is 9.76. The Morgan fingerprint density at radius 1 is 0.882 bits per heavy atom. The fourth-order valence-electron chi connectivity index (χ4n) is 3.48. The maximum Gasteiger partial charge on any atom is 0.475 e. The first-order valence-corrected chi connectivity index (χ1v) is 12.0. The molecule has 3 unspecified atom stereocenters. The molecule has 0 aliphatic heterocycles. The molecule has 0 saturated heterocycles. The second kappa shape index (κ2) is 15.3. The summed E-state index contributed by atoms with van der Waals surface area (Å²) in [6.07, 6.45) is 1.02. The maximum atomic E-state index is 13.1. The van der Waals surface area contributed by atoms with Crippen LogP contribution in [0, 0.1) is 11.8 Å². The Morgan fingerprint density at radius 3 is 1.91 bits per heavy atom. The van der Waals surface area contributed by atoms with E-state index in [0.717, 1.165) is 5.56 Å². The van der Waals surface area contributed by atoms with Crippen LogP contribution in [0.2, 0.25) is 0 Å². The molecule has 3 amide bonds. The molecule has 34 heavy (non-hydrogen) atoms. The molecule has 0 bridgehead atoms. The van der Waals surface area contributed by atoms with Gasteiger partial charge in [0.2, 0.25) is 11.8 Å². The lowest BCUT2D eigenvalue weighted by Crippen LogP contribution is -2.57. The molecular weight excluding hydrogens is 437 g/mol. The van der Waals surface area contributed by atoms with E-state index in [9.17, 15) is 24.4 Å². The highest BCUT2D eigenvalue weighted by atomic mass is 16.5. The van der Waals surface area contributed by atoms with Gasteiger partial charge in [-0.2, -0.15) is 0 Å². The van der Waals surface area contributed by atoms with E-state index in [4.69, 9.17) is 4.74 Å². The van der Waals surface area contributed by atoms with Crippen molar-refractivity contribution in [3.8, 4) is 0 Å². The highest BCUT2D eigenvalue weighted by Crippen LogP contribution is 2.10. The van der Waals surface area contributed by atoms with E-state index in [1.165, 1.54) is 0 Å². The Hall–Kier alpha value is -2.59. The molecule has 3 atom stereocenters. The van der Waals surface area contributed by atoms with E-state index >= 15 is 0 Å². The molecule has 0 saturated carbocycles. The first-order valence-electron chi connectivity index (χ1n) is 12.0. The zero-order chi connectivity index (χ0) is 25.7. The Kier molecular flexibility index (Phi) is 13.3. The van der Waals surface area contributed by atoms with E-state index in [0.29, 0.717) is 25.7 Å². The first-order chi connectivity index (χ1) is 16.0. The molecule has 1 aromatic carbocycles. The van der Waals surface area contributed by atoms with Gasteiger partial charge in [0.1, 0.15) is 18.7 Å². The molecule has 1 aromatic rings. The van der Waals surface area contributed by atoms with Crippen LogP contribution in [0.25, 0.3) is 0 Å². The number of ether oxygens (including phenoxy) is 1. The standard InChI is InChI=1S/C24H40BN3O6/c1-6-10-21(25(32)33)28-23(30)19(13-16(2)3)26-22(29)20(14-17(4)5)27-24(31)34-15-18-11-8-7-9-12-18/h7-9,11-12,16-17,19-21,32-33H,6,10,13-15H2,1-5H3,(H,26,29)(H,27,31)(H,28,30). The van der Waals surface area contributed by atoms with Crippen molar-refractivity contribution in [2.24, 2.45) is 11.8 Å². The number of carbonyl (C=O) groups excluding carboxylic acids is 3. The van der Waals surface area contributed by atoms with Crippen molar-refractivity contribution in [3.05, 3.63) is 35.9 Å². The first kappa shape index (κ1) is 29.4. The number of hydrogen-bond donors (Lipinski definition) is 5. The average Bonchev–Trinajstić information content (AvgIpc) is 2.76. The van der Waals surface area contributed by atoms with Crippen LogP contribution in [0.5, 0.6) is 0 Å². The van der Waals surface area contributed by atoms with Crippen LogP contribution in [0.1, 0.15) is 65.9 Å². The summed E-state index contributed by atoms with van der Waals surface area (Å²) in [4.78, 5) is 38.3. The summed E-state index contributed by atoms with van der Waals surface area (Å²) in [6, 6.07) is 7.43. The van der Waals surface area contributed by atoms with Gasteiger partial charge in [0.25, 0.3) is 0 Å². The second-order valence-corrected chi connectivity index (χ2v) is 9.40. The summed E-state index contributed by atoms with van der Waals surface area (Å²) in [5, 5.41) is 27.1. The topological polar surface area (TPSA) is 137 Å². The molecule has 190 valence electrons. The summed E-state index contributed by atoms with van der Waals surface area (Å²) in [7, 11) is -1.70. The maximum absolute atomic E-state index is 13.1. The van der Waals surface area contributed by atoms with Crippen molar-refractivity contribution < 1.29 is 29.2 Å². The van der Waals surface area contributed by atoms with Crippen LogP contribution >= 0.6 is 0 Å². The Labute approximate surface area is 203 Å². The number of nitrogens with one attached hydrogen (secondary N) is 3. The fourth-order valence-corrected chi connectivity index (χ4v) is 3.48. The average molecular weight is 477 g/mol. The molecule has 0 spiro atoms. The van der Waals surface area contributed by atoms with Gasteiger partial charge in [0.05, 0.1) is 5.94 Å². The Bertz CT molecular complexity index is 760. The summed E-state index contributed by atoms with van der Waals surface area (Å²) >= 11 is 0. The molecule has 0 radical (unpaired) electrons. The van der Waals surface area contributed by atoms with Crippen LogP contribution < -0.4 is 16.0 Å². The normalized spacial score (nSPS) is 13.7. The molecule has 0 fully saturated rings. The van der Waals surface area contributed by atoms with E-state index in [1.54, 1.807) is 0 Å². The van der Waals surface area contributed by atoms with Crippen LogP contribution in [0.15, 0.2) is 30.3 Å². The van der Waals surface area contributed by atoms with E-state index < -0.39 is 43.1 Å². The van der Waals surface area contributed by atoms with Crippen molar-refractivity contribution >= 4 is 25.0 Å². The fraction of sp³-hybridized carbons (Fsp3) is 0.625. The summed E-state index contributed by atoms with van der Waals surface area (Å²) < 4.78 is 5.25. The highest BCUT2D eigenvalue weighted by Gasteiger charge is 2.31. The van der Waals surface area contributed by atoms with Crippen LogP contribution in [-0.4, -0.2) is 53.1 Å². The van der Waals surface area contributed by atoms with Crippen molar-refractivity contribution in [2.75, 3.05) is 0 Å². The zero-order valence-electron chi connectivity index (χ0n) is 20.9. The molecule has 9 nitrogen and oxygen atoms in total. The molecule has 0 aromatic heterocycles. The number of hydrogen-bond acceptors (Lipinski definition) is 6. The van der Waals surface area contributed by atoms with Crippen molar-refractivity contribution in [3.63, 3.8) is 0 Å². The minimum atomic E-state index is -1.70.